The number of aryl methyl sites for hydroxylation is 1. The first-order valence-corrected chi connectivity index (χ1v) is 5.96. The first kappa shape index (κ1) is 13.0. The first-order valence-electron chi connectivity index (χ1n) is 5.96. The Morgan fingerprint density at radius 1 is 1.11 bits per heavy atom. The molecule has 0 radical (unpaired) electrons. The summed E-state index contributed by atoms with van der Waals surface area (Å²) in [5, 5.41) is 19.5. The molecule has 0 fully saturated rings. The molecular weight excluding hydrogens is 240 g/mol. The fraction of sp³-hybridized carbons (Fsp3) is 0.214. The van der Waals surface area contributed by atoms with Crippen molar-refractivity contribution in [2.75, 3.05) is 19.0 Å². The second-order valence-corrected chi connectivity index (χ2v) is 4.45. The summed E-state index contributed by atoms with van der Waals surface area (Å²) in [5.74, 6) is 0.276. The highest BCUT2D eigenvalue weighted by Gasteiger charge is 2.05. The molecule has 1 heterocycles. The Kier molecular flexibility index (Phi) is 3.75. The Balaban J connectivity index is 2.27. The van der Waals surface area contributed by atoms with Crippen molar-refractivity contribution in [2.45, 2.75) is 6.92 Å². The smallest absolute Gasteiger partial charge is 0.353 e. The molecule has 0 aliphatic rings. The van der Waals surface area contributed by atoms with E-state index < -0.39 is 0 Å². The van der Waals surface area contributed by atoms with E-state index in [0.717, 1.165) is 16.9 Å². The molecule has 1 aromatic carbocycles. The van der Waals surface area contributed by atoms with Gasteiger partial charge < -0.3 is 10.1 Å². The predicted octanol–water partition coefficient (Wildman–Crippen LogP) is 3.11. The number of hydrogen-bond acceptors (Lipinski definition) is 4. The molecule has 0 unspecified atom stereocenters. The van der Waals surface area contributed by atoms with Gasteiger partial charge >= 0.3 is 5.82 Å². The third-order valence-electron chi connectivity index (χ3n) is 2.76. The summed E-state index contributed by atoms with van der Waals surface area (Å²) in [6.07, 6.45) is 1.40. The average Bonchev–Trinajstić information content (AvgIpc) is 2.39. The monoisotopic (exact) mass is 256 g/mol. The molecular formula is C14H16N4O. The molecule has 0 atom stereocenters. The van der Waals surface area contributed by atoms with E-state index in [1.807, 2.05) is 44.1 Å². The minimum Gasteiger partial charge on any atom is -0.710 e. The van der Waals surface area contributed by atoms with Gasteiger partial charge in [0.25, 0.3) is 0 Å². The van der Waals surface area contributed by atoms with Gasteiger partial charge in [-0.3, -0.25) is 0 Å². The number of hydrogen-bond donors (Lipinski definition) is 0. The molecule has 19 heavy (non-hydrogen) atoms. The minimum absolute atomic E-state index is 0.276. The van der Waals surface area contributed by atoms with E-state index in [-0.39, 0.29) is 5.82 Å². The zero-order valence-corrected chi connectivity index (χ0v) is 11.2. The number of azo groups is 1. The molecule has 5 heteroatoms. The van der Waals surface area contributed by atoms with Crippen molar-refractivity contribution in [3.63, 3.8) is 0 Å². The van der Waals surface area contributed by atoms with Crippen LogP contribution in [0, 0.1) is 12.1 Å². The van der Waals surface area contributed by atoms with E-state index >= 15 is 0 Å². The summed E-state index contributed by atoms with van der Waals surface area (Å²) in [5.41, 5.74) is 2.88. The van der Waals surface area contributed by atoms with E-state index in [1.165, 1.54) is 6.20 Å². The zero-order chi connectivity index (χ0) is 13.8. The molecule has 0 aliphatic heterocycles. The Hall–Kier alpha value is -2.43. The van der Waals surface area contributed by atoms with Gasteiger partial charge in [0.05, 0.1) is 11.3 Å². The number of anilines is 1. The maximum Gasteiger partial charge on any atom is 0.353 e. The van der Waals surface area contributed by atoms with Crippen LogP contribution in [0.1, 0.15) is 5.56 Å². The van der Waals surface area contributed by atoms with Gasteiger partial charge in [0, 0.05) is 25.8 Å². The SMILES string of the molecule is Cc1cc(N(C)C)ccc1N=Nc1cccc[n+]1[O-]. The van der Waals surface area contributed by atoms with Gasteiger partial charge in [-0.1, -0.05) is 6.07 Å². The normalized spacial score (nSPS) is 10.9. The number of pyridine rings is 1. The summed E-state index contributed by atoms with van der Waals surface area (Å²) in [7, 11) is 3.97. The van der Waals surface area contributed by atoms with Crippen LogP contribution in [0.25, 0.3) is 0 Å². The number of nitrogens with zero attached hydrogens (tertiary/aromatic N) is 4. The van der Waals surface area contributed by atoms with Crippen molar-refractivity contribution in [2.24, 2.45) is 10.2 Å². The molecule has 98 valence electrons. The topological polar surface area (TPSA) is 54.9 Å². The van der Waals surface area contributed by atoms with Gasteiger partial charge in [0.2, 0.25) is 0 Å². The predicted molar refractivity (Wildman–Crippen MR) is 75.1 cm³/mol. The molecule has 0 amide bonds. The second-order valence-electron chi connectivity index (χ2n) is 4.45. The largest absolute Gasteiger partial charge is 0.710 e. The summed E-state index contributed by atoms with van der Waals surface area (Å²) < 4.78 is 0.688. The summed E-state index contributed by atoms with van der Waals surface area (Å²) in [6.45, 7) is 1.97. The van der Waals surface area contributed by atoms with Crippen LogP contribution in [0.2, 0.25) is 0 Å². The molecule has 0 bridgehead atoms. The highest BCUT2D eigenvalue weighted by molar-refractivity contribution is 5.56. The van der Waals surface area contributed by atoms with E-state index in [9.17, 15) is 5.21 Å². The Labute approximate surface area is 112 Å². The molecule has 0 spiro atoms. The van der Waals surface area contributed by atoms with Crippen molar-refractivity contribution in [1.29, 1.82) is 0 Å². The van der Waals surface area contributed by atoms with Crippen molar-refractivity contribution >= 4 is 17.2 Å². The van der Waals surface area contributed by atoms with Gasteiger partial charge in [-0.2, -0.15) is 0 Å². The summed E-state index contributed by atoms with van der Waals surface area (Å²) in [4.78, 5) is 2.02. The lowest BCUT2D eigenvalue weighted by atomic mass is 10.2. The van der Waals surface area contributed by atoms with Crippen LogP contribution < -0.4 is 9.63 Å². The van der Waals surface area contributed by atoms with E-state index in [2.05, 4.69) is 10.2 Å². The number of aromatic nitrogens is 1. The van der Waals surface area contributed by atoms with Gasteiger partial charge in [0.1, 0.15) is 5.69 Å². The molecule has 1 aromatic heterocycles. The quantitative estimate of drug-likeness (QED) is 0.481. The van der Waals surface area contributed by atoms with E-state index in [0.29, 0.717) is 4.73 Å². The standard InChI is InChI=1S/C14H16N4O/c1-11-10-12(17(2)3)7-8-13(11)15-16-14-6-4-5-9-18(14)19/h4-10H,1-3H3. The third kappa shape index (κ3) is 3.07. The van der Waals surface area contributed by atoms with Crippen molar-refractivity contribution in [1.82, 2.24) is 0 Å². The van der Waals surface area contributed by atoms with Gasteiger partial charge in [-0.05, 0) is 41.9 Å². The van der Waals surface area contributed by atoms with E-state index in [4.69, 9.17) is 0 Å². The fourth-order valence-corrected chi connectivity index (χ4v) is 1.63. The van der Waals surface area contributed by atoms with Crippen LogP contribution in [-0.4, -0.2) is 14.1 Å². The Bertz CT molecular complexity index is 608. The second kappa shape index (κ2) is 5.48. The summed E-state index contributed by atoms with van der Waals surface area (Å²) in [6, 6.07) is 10.9. The minimum atomic E-state index is 0.276. The van der Waals surface area contributed by atoms with Crippen LogP contribution in [0.4, 0.5) is 17.2 Å². The van der Waals surface area contributed by atoms with Crippen LogP contribution in [0.3, 0.4) is 0 Å². The highest BCUT2D eigenvalue weighted by Crippen LogP contribution is 2.24. The maximum atomic E-state index is 11.4. The lowest BCUT2D eigenvalue weighted by Gasteiger charge is -2.12. The molecule has 0 saturated heterocycles. The van der Waals surface area contributed by atoms with Gasteiger partial charge in [-0.25, -0.2) is 4.73 Å². The number of rotatable bonds is 3. The zero-order valence-electron chi connectivity index (χ0n) is 11.2. The van der Waals surface area contributed by atoms with Crippen LogP contribution in [0.15, 0.2) is 52.8 Å². The Morgan fingerprint density at radius 2 is 1.89 bits per heavy atom. The first-order chi connectivity index (χ1) is 9.08. The van der Waals surface area contributed by atoms with E-state index in [1.54, 1.807) is 18.2 Å². The lowest BCUT2D eigenvalue weighted by molar-refractivity contribution is -0.591. The number of benzene rings is 1. The molecule has 2 aromatic rings. The fourth-order valence-electron chi connectivity index (χ4n) is 1.63. The van der Waals surface area contributed by atoms with Crippen LogP contribution >= 0.6 is 0 Å². The molecule has 0 N–H and O–H groups in total. The lowest BCUT2D eigenvalue weighted by Crippen LogP contribution is -2.24. The molecule has 0 aliphatic carbocycles. The average molecular weight is 256 g/mol. The highest BCUT2D eigenvalue weighted by atomic mass is 16.5. The summed E-state index contributed by atoms with van der Waals surface area (Å²) >= 11 is 0. The van der Waals surface area contributed by atoms with Crippen molar-refractivity contribution in [3.8, 4) is 0 Å². The van der Waals surface area contributed by atoms with Gasteiger partial charge in [0.15, 0.2) is 0 Å². The molecule has 2 rings (SSSR count). The van der Waals surface area contributed by atoms with Gasteiger partial charge in [-0.15, -0.1) is 0 Å². The molecule has 5 nitrogen and oxygen atoms in total. The van der Waals surface area contributed by atoms with Crippen molar-refractivity contribution < 1.29 is 4.73 Å². The van der Waals surface area contributed by atoms with Crippen molar-refractivity contribution in [3.05, 3.63) is 53.4 Å². The Morgan fingerprint density at radius 3 is 2.53 bits per heavy atom. The maximum absolute atomic E-state index is 11.4. The molecule has 0 saturated carbocycles. The van der Waals surface area contributed by atoms with Crippen LogP contribution in [0.5, 0.6) is 0 Å². The van der Waals surface area contributed by atoms with Crippen LogP contribution in [-0.2, 0) is 0 Å². The third-order valence-corrected chi connectivity index (χ3v) is 2.76.